The van der Waals surface area contributed by atoms with Gasteiger partial charge in [-0.15, -0.1) is 0 Å². The molecule has 0 spiro atoms. The van der Waals surface area contributed by atoms with Gasteiger partial charge in [0, 0.05) is 26.2 Å². The molecule has 10 heteroatoms. The Bertz CT molecular complexity index is 1010. The van der Waals surface area contributed by atoms with E-state index in [1.54, 1.807) is 24.6 Å². The number of piperazine rings is 1. The van der Waals surface area contributed by atoms with Crippen LogP contribution in [0.25, 0.3) is 0 Å². The van der Waals surface area contributed by atoms with Gasteiger partial charge in [-0.05, 0) is 39.3 Å². The predicted octanol–water partition coefficient (Wildman–Crippen LogP) is 1.99. The highest BCUT2D eigenvalue weighted by Crippen LogP contribution is 2.24. The van der Waals surface area contributed by atoms with Crippen LogP contribution in [0.2, 0.25) is 0 Å². The largest absolute Gasteiger partial charge is 0.312 e. The minimum absolute atomic E-state index is 0.0380. The number of nitro groups is 1. The van der Waals surface area contributed by atoms with E-state index in [1.807, 2.05) is 26.0 Å². The van der Waals surface area contributed by atoms with Crippen molar-refractivity contribution in [1.29, 1.82) is 0 Å². The van der Waals surface area contributed by atoms with Gasteiger partial charge in [-0.2, -0.15) is 9.40 Å². The van der Waals surface area contributed by atoms with Crippen molar-refractivity contribution >= 4 is 15.7 Å². The molecule has 1 fully saturated rings. The molecule has 0 atom stereocenters. The van der Waals surface area contributed by atoms with E-state index < -0.39 is 14.9 Å². The first-order chi connectivity index (χ1) is 13.1. The van der Waals surface area contributed by atoms with E-state index in [0.717, 1.165) is 11.1 Å². The lowest BCUT2D eigenvalue weighted by Crippen LogP contribution is -2.49. The highest BCUT2D eigenvalue weighted by molar-refractivity contribution is 7.89. The average Bonchev–Trinajstić information content (AvgIpc) is 2.88. The van der Waals surface area contributed by atoms with Gasteiger partial charge in [0.1, 0.15) is 11.4 Å². The fraction of sp³-hybridized carbons (Fsp3) is 0.500. The van der Waals surface area contributed by atoms with E-state index in [-0.39, 0.29) is 5.69 Å². The molecule has 2 aromatic rings. The van der Waals surface area contributed by atoms with Crippen molar-refractivity contribution in [2.45, 2.75) is 39.3 Å². The van der Waals surface area contributed by atoms with Crippen molar-refractivity contribution in [3.05, 3.63) is 50.8 Å². The zero-order valence-electron chi connectivity index (χ0n) is 16.5. The Morgan fingerprint density at radius 3 is 2.29 bits per heavy atom. The maximum Gasteiger partial charge on any atom is 0.312 e. The van der Waals surface area contributed by atoms with Crippen molar-refractivity contribution in [1.82, 2.24) is 19.0 Å². The summed E-state index contributed by atoms with van der Waals surface area (Å²) < 4.78 is 29.1. The molecule has 2 heterocycles. The van der Waals surface area contributed by atoms with Gasteiger partial charge < -0.3 is 0 Å². The van der Waals surface area contributed by atoms with Crippen molar-refractivity contribution in [2.75, 3.05) is 26.2 Å². The van der Waals surface area contributed by atoms with Crippen LogP contribution < -0.4 is 0 Å². The molecule has 1 saturated heterocycles. The molecule has 28 heavy (non-hydrogen) atoms. The molecule has 0 saturated carbocycles. The normalized spacial score (nSPS) is 16.4. The Kier molecular flexibility index (Phi) is 5.55. The molecule has 0 N–H and O–H groups in total. The molecule has 1 aromatic heterocycles. The summed E-state index contributed by atoms with van der Waals surface area (Å²) in [4.78, 5) is 13.1. The Labute approximate surface area is 164 Å². The number of hydrogen-bond donors (Lipinski definition) is 0. The van der Waals surface area contributed by atoms with Gasteiger partial charge in [0.15, 0.2) is 0 Å². The number of benzene rings is 1. The van der Waals surface area contributed by atoms with Gasteiger partial charge in [-0.1, -0.05) is 17.7 Å². The van der Waals surface area contributed by atoms with Gasteiger partial charge in [-0.3, -0.25) is 15.0 Å². The third-order valence-electron chi connectivity index (χ3n) is 5.14. The van der Waals surface area contributed by atoms with Crippen LogP contribution >= 0.6 is 0 Å². The smallest absolute Gasteiger partial charge is 0.282 e. The van der Waals surface area contributed by atoms with E-state index in [4.69, 9.17) is 0 Å². The summed E-state index contributed by atoms with van der Waals surface area (Å²) in [7, 11) is -3.53. The van der Waals surface area contributed by atoms with Crippen LogP contribution in [0, 0.1) is 37.8 Å². The predicted molar refractivity (Wildman–Crippen MR) is 105 cm³/mol. The molecular weight excluding hydrogens is 382 g/mol. The lowest BCUT2D eigenvalue weighted by atomic mass is 10.2. The minimum atomic E-state index is -3.53. The van der Waals surface area contributed by atoms with E-state index in [9.17, 15) is 18.5 Å². The monoisotopic (exact) mass is 407 g/mol. The molecule has 9 nitrogen and oxygen atoms in total. The Hall–Kier alpha value is -2.30. The Balaban J connectivity index is 1.69. The fourth-order valence-corrected chi connectivity index (χ4v) is 5.25. The molecular formula is C18H25N5O4S. The van der Waals surface area contributed by atoms with Crippen LogP contribution in [-0.2, 0) is 16.7 Å². The standard InChI is InChI=1S/C18H25N5O4S/c1-13-5-6-17(14(2)11-13)28(26,27)21-9-7-20(8-10-21)12-22-16(4)18(23(24)25)15(3)19-22/h5-6,11H,7-10,12H2,1-4H3. The number of sulfonamides is 1. The summed E-state index contributed by atoms with van der Waals surface area (Å²) in [6.45, 7) is 9.27. The molecule has 1 aliphatic heterocycles. The van der Waals surface area contributed by atoms with Crippen LogP contribution in [0.1, 0.15) is 22.5 Å². The number of aromatic nitrogens is 2. The van der Waals surface area contributed by atoms with Crippen LogP contribution in [0.4, 0.5) is 5.69 Å². The fourth-order valence-electron chi connectivity index (χ4n) is 3.62. The minimum Gasteiger partial charge on any atom is -0.282 e. The van der Waals surface area contributed by atoms with Crippen LogP contribution in [0.15, 0.2) is 23.1 Å². The van der Waals surface area contributed by atoms with E-state index in [0.29, 0.717) is 49.1 Å². The summed E-state index contributed by atoms with van der Waals surface area (Å²) in [5, 5.41) is 15.4. The zero-order chi connectivity index (χ0) is 20.6. The average molecular weight is 407 g/mol. The SMILES string of the molecule is Cc1ccc(S(=O)(=O)N2CCN(Cn3nc(C)c([N+](=O)[O-])c3C)CC2)c(C)c1. The third-order valence-corrected chi connectivity index (χ3v) is 7.20. The van der Waals surface area contributed by atoms with Crippen LogP contribution in [0.3, 0.4) is 0 Å². The molecule has 3 rings (SSSR count). The first-order valence-electron chi connectivity index (χ1n) is 9.09. The third kappa shape index (κ3) is 3.80. The van der Waals surface area contributed by atoms with Crippen molar-refractivity contribution in [3.63, 3.8) is 0 Å². The maximum absolute atomic E-state index is 13.0. The van der Waals surface area contributed by atoms with E-state index in [1.165, 1.54) is 4.31 Å². The molecule has 1 aromatic carbocycles. The number of rotatable bonds is 5. The summed E-state index contributed by atoms with van der Waals surface area (Å²) >= 11 is 0. The highest BCUT2D eigenvalue weighted by atomic mass is 32.2. The van der Waals surface area contributed by atoms with Gasteiger partial charge in [0.25, 0.3) is 0 Å². The second-order valence-corrected chi connectivity index (χ2v) is 9.11. The summed E-state index contributed by atoms with van der Waals surface area (Å²) in [6, 6.07) is 5.35. The summed E-state index contributed by atoms with van der Waals surface area (Å²) in [6.07, 6.45) is 0. The molecule has 0 aliphatic carbocycles. The van der Waals surface area contributed by atoms with Gasteiger partial charge in [0.05, 0.1) is 16.5 Å². The van der Waals surface area contributed by atoms with Crippen molar-refractivity contribution < 1.29 is 13.3 Å². The highest BCUT2D eigenvalue weighted by Gasteiger charge is 2.30. The molecule has 0 radical (unpaired) electrons. The molecule has 0 amide bonds. The first-order valence-corrected chi connectivity index (χ1v) is 10.5. The maximum atomic E-state index is 13.0. The first kappa shape index (κ1) is 20.4. The summed E-state index contributed by atoms with van der Waals surface area (Å²) in [5.41, 5.74) is 2.71. The molecule has 0 unspecified atom stereocenters. The van der Waals surface area contributed by atoms with E-state index >= 15 is 0 Å². The molecule has 0 bridgehead atoms. The van der Waals surface area contributed by atoms with E-state index in [2.05, 4.69) is 10.00 Å². The number of aryl methyl sites for hydroxylation is 3. The van der Waals surface area contributed by atoms with Gasteiger partial charge in [-0.25, -0.2) is 13.1 Å². The second kappa shape index (κ2) is 7.61. The zero-order valence-corrected chi connectivity index (χ0v) is 17.4. The lowest BCUT2D eigenvalue weighted by Gasteiger charge is -2.34. The molecule has 1 aliphatic rings. The van der Waals surface area contributed by atoms with Gasteiger partial charge >= 0.3 is 5.69 Å². The topological polar surface area (TPSA) is 102 Å². The van der Waals surface area contributed by atoms with Crippen molar-refractivity contribution in [2.24, 2.45) is 0 Å². The second-order valence-electron chi connectivity index (χ2n) is 7.21. The number of nitrogens with zero attached hydrogens (tertiary/aromatic N) is 5. The van der Waals surface area contributed by atoms with Crippen LogP contribution in [0.5, 0.6) is 0 Å². The Morgan fingerprint density at radius 1 is 1.11 bits per heavy atom. The van der Waals surface area contributed by atoms with Gasteiger partial charge in [0.2, 0.25) is 10.0 Å². The number of hydrogen-bond acceptors (Lipinski definition) is 6. The van der Waals surface area contributed by atoms with Crippen LogP contribution in [-0.4, -0.2) is 58.5 Å². The van der Waals surface area contributed by atoms with Crippen molar-refractivity contribution in [3.8, 4) is 0 Å². The lowest BCUT2D eigenvalue weighted by molar-refractivity contribution is -0.386. The molecule has 152 valence electrons. The quantitative estimate of drug-likeness (QED) is 0.555. The summed E-state index contributed by atoms with van der Waals surface area (Å²) in [5.74, 6) is 0. The Morgan fingerprint density at radius 2 is 1.75 bits per heavy atom.